The third kappa shape index (κ3) is 2.51. The molecular weight excluding hydrogens is 224 g/mol. The van der Waals surface area contributed by atoms with Crippen molar-refractivity contribution in [3.8, 4) is 0 Å². The lowest BCUT2D eigenvalue weighted by molar-refractivity contribution is -0.114. The van der Waals surface area contributed by atoms with E-state index in [1.807, 2.05) is 0 Å². The minimum Gasteiger partial charge on any atom is -0.326 e. The fraction of sp³-hybridized carbons (Fsp3) is 0.818. The maximum atomic E-state index is 11.9. The van der Waals surface area contributed by atoms with Gasteiger partial charge in [0.25, 0.3) is 0 Å². The smallest absolute Gasteiger partial charge is 0.318 e. The van der Waals surface area contributed by atoms with Gasteiger partial charge in [-0.3, -0.25) is 0 Å². The van der Waals surface area contributed by atoms with Crippen LogP contribution in [0, 0.1) is 0 Å². The number of hydrogen-bond donors (Lipinski definition) is 1. The molecule has 1 saturated heterocycles. The molecule has 1 saturated carbocycles. The van der Waals surface area contributed by atoms with Crippen LogP contribution in [0.2, 0.25) is 0 Å². The Morgan fingerprint density at radius 2 is 2.06 bits per heavy atom. The summed E-state index contributed by atoms with van der Waals surface area (Å²) >= 11 is 1.76. The van der Waals surface area contributed by atoms with Gasteiger partial charge in [-0.2, -0.15) is 0 Å². The average Bonchev–Trinajstić information content (AvgIpc) is 2.84. The van der Waals surface area contributed by atoms with Gasteiger partial charge in [-0.25, -0.2) is 4.79 Å². The SMILES string of the molecule is O=CC1(NC(=O)N2CCSC2)CCCCC1. The summed E-state index contributed by atoms with van der Waals surface area (Å²) in [5, 5.41) is 2.93. The van der Waals surface area contributed by atoms with E-state index in [9.17, 15) is 9.59 Å². The van der Waals surface area contributed by atoms with Gasteiger partial charge < -0.3 is 15.0 Å². The number of amides is 2. The van der Waals surface area contributed by atoms with E-state index in [4.69, 9.17) is 0 Å². The van der Waals surface area contributed by atoms with E-state index in [-0.39, 0.29) is 6.03 Å². The van der Waals surface area contributed by atoms with Crippen LogP contribution in [0.15, 0.2) is 0 Å². The van der Waals surface area contributed by atoms with Gasteiger partial charge in [0, 0.05) is 12.3 Å². The number of aldehydes is 1. The molecule has 90 valence electrons. The standard InChI is InChI=1S/C11H18N2O2S/c14-8-11(4-2-1-3-5-11)12-10(15)13-6-7-16-9-13/h8H,1-7,9H2,(H,12,15). The lowest BCUT2D eigenvalue weighted by atomic mass is 9.83. The molecule has 4 nitrogen and oxygen atoms in total. The van der Waals surface area contributed by atoms with Crippen LogP contribution in [0.1, 0.15) is 32.1 Å². The van der Waals surface area contributed by atoms with Gasteiger partial charge >= 0.3 is 6.03 Å². The van der Waals surface area contributed by atoms with Crippen molar-refractivity contribution in [2.75, 3.05) is 18.2 Å². The molecule has 2 aliphatic rings. The molecule has 2 rings (SSSR count). The van der Waals surface area contributed by atoms with Crippen molar-refractivity contribution in [3.63, 3.8) is 0 Å². The molecule has 0 aromatic rings. The second kappa shape index (κ2) is 5.08. The summed E-state index contributed by atoms with van der Waals surface area (Å²) in [6.45, 7) is 0.797. The van der Waals surface area contributed by atoms with Crippen LogP contribution in [-0.2, 0) is 4.79 Å². The Kier molecular flexibility index (Phi) is 3.74. The summed E-state index contributed by atoms with van der Waals surface area (Å²) in [6, 6.07) is -0.0704. The van der Waals surface area contributed by atoms with Crippen LogP contribution in [0.4, 0.5) is 4.79 Å². The Morgan fingerprint density at radius 3 is 2.62 bits per heavy atom. The minimum absolute atomic E-state index is 0.0704. The molecule has 1 aliphatic carbocycles. The molecule has 0 radical (unpaired) electrons. The van der Waals surface area contributed by atoms with Gasteiger partial charge in [-0.15, -0.1) is 11.8 Å². The van der Waals surface area contributed by atoms with Gasteiger partial charge in [0.2, 0.25) is 0 Å². The van der Waals surface area contributed by atoms with Crippen molar-refractivity contribution in [1.82, 2.24) is 10.2 Å². The van der Waals surface area contributed by atoms with E-state index in [0.717, 1.165) is 50.1 Å². The van der Waals surface area contributed by atoms with Crippen molar-refractivity contribution >= 4 is 24.1 Å². The van der Waals surface area contributed by atoms with Crippen molar-refractivity contribution in [2.24, 2.45) is 0 Å². The Labute approximate surface area is 100 Å². The summed E-state index contributed by atoms with van der Waals surface area (Å²) in [6.07, 6.45) is 5.77. The van der Waals surface area contributed by atoms with Gasteiger partial charge in [0.1, 0.15) is 6.29 Å². The first kappa shape index (κ1) is 11.8. The van der Waals surface area contributed by atoms with Crippen molar-refractivity contribution in [1.29, 1.82) is 0 Å². The van der Waals surface area contributed by atoms with E-state index >= 15 is 0 Å². The van der Waals surface area contributed by atoms with Crippen LogP contribution >= 0.6 is 11.8 Å². The number of nitrogens with one attached hydrogen (secondary N) is 1. The van der Waals surface area contributed by atoms with Crippen molar-refractivity contribution in [2.45, 2.75) is 37.6 Å². The minimum atomic E-state index is -0.581. The van der Waals surface area contributed by atoms with E-state index in [1.165, 1.54) is 6.42 Å². The molecule has 2 amide bonds. The fourth-order valence-corrected chi connectivity index (χ4v) is 3.27. The molecule has 0 aromatic carbocycles. The molecule has 0 spiro atoms. The highest BCUT2D eigenvalue weighted by atomic mass is 32.2. The summed E-state index contributed by atoms with van der Waals surface area (Å²) < 4.78 is 0. The summed E-state index contributed by atoms with van der Waals surface area (Å²) in [7, 11) is 0. The second-order valence-corrected chi connectivity index (χ2v) is 5.64. The Hall–Kier alpha value is -0.710. The zero-order valence-electron chi connectivity index (χ0n) is 9.41. The third-order valence-corrected chi connectivity index (χ3v) is 4.33. The Morgan fingerprint density at radius 1 is 1.31 bits per heavy atom. The van der Waals surface area contributed by atoms with Crippen LogP contribution in [-0.4, -0.2) is 40.9 Å². The van der Waals surface area contributed by atoms with Gasteiger partial charge in [-0.05, 0) is 12.8 Å². The van der Waals surface area contributed by atoms with Gasteiger partial charge in [0.15, 0.2) is 0 Å². The number of thioether (sulfide) groups is 1. The second-order valence-electron chi connectivity index (χ2n) is 4.57. The average molecular weight is 242 g/mol. The van der Waals surface area contributed by atoms with Gasteiger partial charge in [0.05, 0.1) is 11.4 Å². The van der Waals surface area contributed by atoms with Crippen LogP contribution in [0.3, 0.4) is 0 Å². The zero-order valence-corrected chi connectivity index (χ0v) is 10.2. The van der Waals surface area contributed by atoms with Gasteiger partial charge in [-0.1, -0.05) is 19.3 Å². The molecule has 0 bridgehead atoms. The quantitative estimate of drug-likeness (QED) is 0.748. The first-order valence-corrected chi connectivity index (χ1v) is 7.02. The highest BCUT2D eigenvalue weighted by Gasteiger charge is 2.34. The molecule has 1 heterocycles. The predicted molar refractivity (Wildman–Crippen MR) is 64.4 cm³/mol. The topological polar surface area (TPSA) is 49.4 Å². The predicted octanol–water partition coefficient (Wildman–Crippen LogP) is 1.60. The van der Waals surface area contributed by atoms with E-state index < -0.39 is 5.54 Å². The number of carbonyl (C=O) groups excluding carboxylic acids is 2. The highest BCUT2D eigenvalue weighted by Crippen LogP contribution is 2.27. The normalized spacial score (nSPS) is 24.1. The Bertz CT molecular complexity index is 271. The van der Waals surface area contributed by atoms with Crippen molar-refractivity contribution in [3.05, 3.63) is 0 Å². The first-order valence-electron chi connectivity index (χ1n) is 5.87. The van der Waals surface area contributed by atoms with Crippen LogP contribution in [0.25, 0.3) is 0 Å². The molecule has 5 heteroatoms. The van der Waals surface area contributed by atoms with Crippen molar-refractivity contribution < 1.29 is 9.59 Å². The zero-order chi connectivity index (χ0) is 11.4. The molecule has 0 unspecified atom stereocenters. The molecule has 0 aromatic heterocycles. The lowest BCUT2D eigenvalue weighted by Crippen LogP contribution is -2.54. The fourth-order valence-electron chi connectivity index (χ4n) is 2.32. The molecule has 2 fully saturated rings. The molecule has 16 heavy (non-hydrogen) atoms. The summed E-state index contributed by atoms with van der Waals surface area (Å²) in [4.78, 5) is 24.9. The van der Waals surface area contributed by atoms with Crippen LogP contribution < -0.4 is 5.32 Å². The molecular formula is C11H18N2O2S. The number of urea groups is 1. The Balaban J connectivity index is 1.94. The lowest BCUT2D eigenvalue weighted by Gasteiger charge is -2.34. The number of nitrogens with zero attached hydrogens (tertiary/aromatic N) is 1. The monoisotopic (exact) mass is 242 g/mol. The number of hydrogen-bond acceptors (Lipinski definition) is 3. The highest BCUT2D eigenvalue weighted by molar-refractivity contribution is 7.99. The maximum Gasteiger partial charge on any atom is 0.318 e. The number of carbonyl (C=O) groups is 2. The van der Waals surface area contributed by atoms with Crippen LogP contribution in [0.5, 0.6) is 0 Å². The molecule has 1 N–H and O–H groups in total. The third-order valence-electron chi connectivity index (χ3n) is 3.37. The van der Waals surface area contributed by atoms with E-state index in [2.05, 4.69) is 5.32 Å². The van der Waals surface area contributed by atoms with E-state index in [0.29, 0.717) is 0 Å². The molecule has 0 atom stereocenters. The summed E-state index contributed by atoms with van der Waals surface area (Å²) in [5.74, 6) is 1.75. The largest absolute Gasteiger partial charge is 0.326 e. The first-order chi connectivity index (χ1) is 7.76. The molecule has 1 aliphatic heterocycles. The van der Waals surface area contributed by atoms with E-state index in [1.54, 1.807) is 16.7 Å². The maximum absolute atomic E-state index is 11.9. The summed E-state index contributed by atoms with van der Waals surface area (Å²) in [5.41, 5.74) is -0.581. The number of rotatable bonds is 2.